The summed E-state index contributed by atoms with van der Waals surface area (Å²) in [5, 5.41) is 5.34. The van der Waals surface area contributed by atoms with E-state index >= 15 is 0 Å². The fourth-order valence-corrected chi connectivity index (χ4v) is 4.27. The Hall–Kier alpha value is -3.82. The van der Waals surface area contributed by atoms with Crippen LogP contribution in [-0.2, 0) is 12.4 Å². The van der Waals surface area contributed by atoms with Crippen LogP contribution in [0.1, 0.15) is 24.5 Å². The third kappa shape index (κ3) is 8.83. The highest BCUT2D eigenvalue weighted by Gasteiger charge is 2.37. The van der Waals surface area contributed by atoms with Crippen molar-refractivity contribution in [2.45, 2.75) is 25.7 Å². The molecule has 16 heteroatoms. The van der Waals surface area contributed by atoms with Crippen molar-refractivity contribution in [2.75, 3.05) is 56.6 Å². The number of halogens is 6. The van der Waals surface area contributed by atoms with E-state index in [2.05, 4.69) is 31.0 Å². The van der Waals surface area contributed by atoms with Crippen LogP contribution < -0.4 is 20.3 Å². The maximum atomic E-state index is 13.1. The summed E-state index contributed by atoms with van der Waals surface area (Å²) in [6.45, 7) is 7.56. The number of hydrogen-bond acceptors (Lipinski definition) is 7. The van der Waals surface area contributed by atoms with Gasteiger partial charge in [-0.15, -0.1) is 4.37 Å². The molecule has 0 radical (unpaired) electrons. The van der Waals surface area contributed by atoms with E-state index in [1.54, 1.807) is 13.1 Å². The second kappa shape index (κ2) is 13.7. The number of aromatic nitrogens is 2. The molecule has 1 aromatic carbocycles. The molecule has 0 aliphatic carbocycles. The van der Waals surface area contributed by atoms with Gasteiger partial charge in [-0.05, 0) is 36.3 Å². The lowest BCUT2D eigenvalue weighted by Crippen LogP contribution is -2.50. The zero-order valence-electron chi connectivity index (χ0n) is 22.3. The summed E-state index contributed by atoms with van der Waals surface area (Å²) in [6, 6.07) is 0.115. The van der Waals surface area contributed by atoms with Crippen molar-refractivity contribution in [3.05, 3.63) is 53.6 Å². The average molecular weight is 606 g/mol. The summed E-state index contributed by atoms with van der Waals surface area (Å²) >= 11 is 0.939. The van der Waals surface area contributed by atoms with Gasteiger partial charge in [0.25, 0.3) is 5.88 Å². The Morgan fingerprint density at radius 1 is 1.10 bits per heavy atom. The van der Waals surface area contributed by atoms with E-state index < -0.39 is 35.2 Å². The molecule has 0 unspecified atom stereocenters. The highest BCUT2D eigenvalue weighted by Crippen LogP contribution is 2.37. The number of nitrogens with one attached hydrogen (secondary N) is 2. The van der Waals surface area contributed by atoms with Crippen LogP contribution in [0.15, 0.2) is 47.5 Å². The molecule has 1 aliphatic rings. The molecule has 9 nitrogen and oxygen atoms in total. The molecule has 3 rings (SSSR count). The number of aliphatic imine (C=N–C) groups is 1. The summed E-state index contributed by atoms with van der Waals surface area (Å²) < 4.78 is 93.2. The lowest BCUT2D eigenvalue weighted by molar-refractivity contribution is -0.143. The molecule has 1 aliphatic heterocycles. The lowest BCUT2D eigenvalue weighted by atomic mass is 10.1. The van der Waals surface area contributed by atoms with E-state index in [-0.39, 0.29) is 44.7 Å². The number of hydrogen-bond donors (Lipinski definition) is 2. The highest BCUT2D eigenvalue weighted by atomic mass is 32.1. The molecular weight excluding hydrogens is 576 g/mol. The predicted octanol–water partition coefficient (Wildman–Crippen LogP) is 5.45. The summed E-state index contributed by atoms with van der Waals surface area (Å²) in [5.41, 5.74) is -2.88. The second-order valence-electron chi connectivity index (χ2n) is 8.84. The van der Waals surface area contributed by atoms with Crippen molar-refractivity contribution in [2.24, 2.45) is 4.99 Å². The summed E-state index contributed by atoms with van der Waals surface area (Å²) in [5.74, 6) is 1.41. The summed E-state index contributed by atoms with van der Waals surface area (Å²) in [7, 11) is 1.66. The minimum absolute atomic E-state index is 0.00341. The highest BCUT2D eigenvalue weighted by molar-refractivity contribution is 6.99. The molecule has 0 bridgehead atoms. The quantitative estimate of drug-likeness (QED) is 0.171. The first-order valence-electron chi connectivity index (χ1n) is 12.4. The van der Waals surface area contributed by atoms with Crippen molar-refractivity contribution in [1.82, 2.24) is 19.0 Å². The lowest BCUT2D eigenvalue weighted by Gasteiger charge is -2.34. The number of anilines is 2. The zero-order chi connectivity index (χ0) is 30.2. The smallest absolute Gasteiger partial charge is 0.416 e. The Morgan fingerprint density at radius 2 is 1.73 bits per heavy atom. The third-order valence-corrected chi connectivity index (χ3v) is 6.41. The first-order chi connectivity index (χ1) is 19.3. The maximum Gasteiger partial charge on any atom is 0.416 e. The Morgan fingerprint density at radius 3 is 2.27 bits per heavy atom. The molecule has 41 heavy (non-hydrogen) atoms. The maximum absolute atomic E-state index is 13.1. The van der Waals surface area contributed by atoms with Crippen molar-refractivity contribution in [3.63, 3.8) is 0 Å². The monoisotopic (exact) mass is 605 g/mol. The van der Waals surface area contributed by atoms with E-state index in [1.165, 1.54) is 4.90 Å². The largest absolute Gasteiger partial charge is 0.470 e. The molecule has 2 amide bonds. The number of alkyl halides is 6. The van der Waals surface area contributed by atoms with Crippen LogP contribution in [0.3, 0.4) is 0 Å². The van der Waals surface area contributed by atoms with Crippen molar-refractivity contribution in [1.29, 1.82) is 0 Å². The second-order valence-corrected chi connectivity index (χ2v) is 9.37. The minimum Gasteiger partial charge on any atom is -0.470 e. The molecule has 224 valence electrons. The number of rotatable bonds is 9. The number of carbonyl (C=O) groups is 1. The van der Waals surface area contributed by atoms with Crippen LogP contribution in [-0.4, -0.2) is 71.9 Å². The van der Waals surface area contributed by atoms with Crippen molar-refractivity contribution >= 4 is 35.1 Å². The van der Waals surface area contributed by atoms with Gasteiger partial charge in [0, 0.05) is 45.5 Å². The number of benzene rings is 1. The Balaban J connectivity index is 1.62. The van der Waals surface area contributed by atoms with Gasteiger partial charge in [0.05, 0.1) is 22.9 Å². The van der Waals surface area contributed by atoms with E-state index in [0.29, 0.717) is 23.8 Å². The van der Waals surface area contributed by atoms with Gasteiger partial charge >= 0.3 is 18.4 Å². The van der Waals surface area contributed by atoms with E-state index in [1.807, 2.05) is 17.9 Å². The number of amides is 2. The molecule has 1 saturated heterocycles. The molecular formula is C25H29F6N7O2S. The van der Waals surface area contributed by atoms with Gasteiger partial charge in [0.2, 0.25) is 5.82 Å². The zero-order valence-corrected chi connectivity index (χ0v) is 23.1. The Labute approximate surface area is 236 Å². The number of ether oxygens (including phenoxy) is 1. The molecule has 2 heterocycles. The SMILES string of the molecule is C=C/C(=C\C(=NC)NCCC)COc1nsnc1N1CCN(C(=O)Nc2cc(C(F)(F)F)cc(C(F)(F)F)c2)CC1. The van der Waals surface area contributed by atoms with Gasteiger partial charge < -0.3 is 25.2 Å². The van der Waals surface area contributed by atoms with Crippen molar-refractivity contribution in [3.8, 4) is 5.88 Å². The molecule has 0 spiro atoms. The Bertz CT molecular complexity index is 1240. The topological polar surface area (TPSA) is 95.0 Å². The van der Waals surface area contributed by atoms with Gasteiger partial charge in [-0.3, -0.25) is 4.99 Å². The van der Waals surface area contributed by atoms with Gasteiger partial charge in [-0.25, -0.2) is 4.79 Å². The molecule has 2 N–H and O–H groups in total. The standard InChI is InChI=1S/C25H29F6N7O2S/c1-4-6-33-20(32-3)11-16(5-2)15-40-22-21(35-41-36-22)37-7-9-38(10-8-37)23(39)34-19-13-17(24(26,27)28)12-18(14-19)25(29,30)31/h5,11-14H,2,4,6-10,15H2,1,3H3,(H,32,33)(H,34,39)/b16-11+. The van der Waals surface area contributed by atoms with Crippen LogP contribution >= 0.6 is 11.7 Å². The van der Waals surface area contributed by atoms with Crippen LogP contribution in [0, 0.1) is 0 Å². The normalized spacial score (nSPS) is 15.1. The first-order valence-corrected chi connectivity index (χ1v) is 13.2. The number of carbonyl (C=O) groups excluding carboxylic acids is 1. The first kappa shape index (κ1) is 31.7. The fraction of sp³-hybridized carbons (Fsp3) is 0.440. The Kier molecular flexibility index (Phi) is 10.6. The number of urea groups is 1. The van der Waals surface area contributed by atoms with Crippen molar-refractivity contribution < 1.29 is 35.9 Å². The number of piperazine rings is 1. The molecule has 0 atom stereocenters. The van der Waals surface area contributed by atoms with Gasteiger partial charge in [-0.2, -0.15) is 30.7 Å². The summed E-state index contributed by atoms with van der Waals surface area (Å²) in [4.78, 5) is 20.0. The third-order valence-electron chi connectivity index (χ3n) is 5.90. The van der Waals surface area contributed by atoms with Crippen LogP contribution in [0.2, 0.25) is 0 Å². The molecule has 1 fully saturated rings. The van der Waals surface area contributed by atoms with Gasteiger partial charge in [0.1, 0.15) is 12.4 Å². The molecule has 1 aromatic heterocycles. The van der Waals surface area contributed by atoms with Crippen LogP contribution in [0.25, 0.3) is 0 Å². The average Bonchev–Trinajstić information content (AvgIpc) is 3.40. The van der Waals surface area contributed by atoms with Crippen LogP contribution in [0.4, 0.5) is 42.6 Å². The summed E-state index contributed by atoms with van der Waals surface area (Å²) in [6.07, 6.45) is -5.67. The minimum atomic E-state index is -5.02. The van der Waals surface area contributed by atoms with Crippen LogP contribution in [0.5, 0.6) is 5.88 Å². The van der Waals surface area contributed by atoms with E-state index in [9.17, 15) is 31.1 Å². The predicted molar refractivity (Wildman–Crippen MR) is 145 cm³/mol. The number of amidine groups is 1. The van der Waals surface area contributed by atoms with E-state index in [4.69, 9.17) is 4.74 Å². The number of nitrogens with zero attached hydrogens (tertiary/aromatic N) is 5. The molecule has 2 aromatic rings. The van der Waals surface area contributed by atoms with E-state index in [0.717, 1.165) is 30.3 Å². The van der Waals surface area contributed by atoms with Gasteiger partial charge in [0.15, 0.2) is 0 Å². The fourth-order valence-electron chi connectivity index (χ4n) is 3.75. The molecule has 0 saturated carbocycles. The van der Waals surface area contributed by atoms with Gasteiger partial charge in [-0.1, -0.05) is 19.6 Å².